The van der Waals surface area contributed by atoms with Gasteiger partial charge >= 0.3 is 6.18 Å². The van der Waals surface area contributed by atoms with Crippen LogP contribution in [0.25, 0.3) is 0 Å². The first-order valence-electron chi connectivity index (χ1n) is 14.8. The van der Waals surface area contributed by atoms with Crippen LogP contribution in [0.3, 0.4) is 0 Å². The lowest BCUT2D eigenvalue weighted by atomic mass is 9.99. The number of aliphatic hydroxyl groups is 1. The number of benzene rings is 3. The standard InChI is InChI=1S/C33H37F3N4O5S2/c1-21(2)18-40(47(43,44)25-15-13-24(45-4)14-16-25)19-29(41)28(17-23-9-6-5-7-10-23)37-31(42)26-11-8-12-27(22(26)3)38-32-39-30(20-46-32)33(34,35)36/h5-16,20-21,28-29,41H,17-19H2,1-4H3,(H,37,42)(H,38,39)/t28-,29+/m0/s1. The van der Waals surface area contributed by atoms with Gasteiger partial charge in [-0.2, -0.15) is 17.5 Å². The van der Waals surface area contributed by atoms with Crippen LogP contribution in [0, 0.1) is 12.8 Å². The van der Waals surface area contributed by atoms with Crippen molar-refractivity contribution in [3.63, 3.8) is 0 Å². The highest BCUT2D eigenvalue weighted by atomic mass is 32.2. The summed E-state index contributed by atoms with van der Waals surface area (Å²) in [4.78, 5) is 17.3. The first-order chi connectivity index (χ1) is 22.2. The van der Waals surface area contributed by atoms with Gasteiger partial charge in [-0.1, -0.05) is 50.2 Å². The number of nitrogens with one attached hydrogen (secondary N) is 2. The van der Waals surface area contributed by atoms with E-state index in [0.717, 1.165) is 22.3 Å². The van der Waals surface area contributed by atoms with Crippen LogP contribution in [0.15, 0.2) is 83.1 Å². The molecule has 4 rings (SSSR count). The molecule has 47 heavy (non-hydrogen) atoms. The summed E-state index contributed by atoms with van der Waals surface area (Å²) in [5, 5.41) is 18.2. The van der Waals surface area contributed by atoms with Crippen LogP contribution in [0.5, 0.6) is 5.75 Å². The summed E-state index contributed by atoms with van der Waals surface area (Å²) in [5.41, 5.74) is 0.842. The first-order valence-corrected chi connectivity index (χ1v) is 17.1. The molecule has 9 nitrogen and oxygen atoms in total. The Bertz CT molecular complexity index is 1750. The van der Waals surface area contributed by atoms with Crippen molar-refractivity contribution in [1.82, 2.24) is 14.6 Å². The van der Waals surface area contributed by atoms with Crippen molar-refractivity contribution < 1.29 is 36.2 Å². The third-order valence-electron chi connectivity index (χ3n) is 7.35. The topological polar surface area (TPSA) is 121 Å². The number of carbonyl (C=O) groups excluding carboxylic acids is 1. The van der Waals surface area contributed by atoms with E-state index in [-0.39, 0.29) is 41.0 Å². The second-order valence-electron chi connectivity index (χ2n) is 11.4. The minimum absolute atomic E-state index is 0.0127. The molecule has 1 heterocycles. The number of halogens is 3. The molecule has 2 atom stereocenters. The zero-order valence-electron chi connectivity index (χ0n) is 26.3. The largest absolute Gasteiger partial charge is 0.497 e. The van der Waals surface area contributed by atoms with Gasteiger partial charge in [-0.3, -0.25) is 4.79 Å². The molecule has 3 N–H and O–H groups in total. The van der Waals surface area contributed by atoms with E-state index in [9.17, 15) is 31.5 Å². The van der Waals surface area contributed by atoms with Crippen molar-refractivity contribution in [2.45, 2.75) is 50.4 Å². The molecule has 14 heteroatoms. The molecule has 252 valence electrons. The van der Waals surface area contributed by atoms with Gasteiger partial charge in [-0.25, -0.2) is 13.4 Å². The van der Waals surface area contributed by atoms with Crippen molar-refractivity contribution >= 4 is 38.1 Å². The number of nitrogens with zero attached hydrogens (tertiary/aromatic N) is 2. The van der Waals surface area contributed by atoms with Crippen molar-refractivity contribution in [2.24, 2.45) is 5.92 Å². The zero-order chi connectivity index (χ0) is 34.4. The number of anilines is 2. The Kier molecular flexibility index (Phi) is 11.7. The summed E-state index contributed by atoms with van der Waals surface area (Å²) in [7, 11) is -2.55. The van der Waals surface area contributed by atoms with E-state index in [4.69, 9.17) is 4.74 Å². The highest BCUT2D eigenvalue weighted by Gasteiger charge is 2.34. The van der Waals surface area contributed by atoms with Gasteiger partial charge in [-0.05, 0) is 66.8 Å². The highest BCUT2D eigenvalue weighted by molar-refractivity contribution is 7.89. The smallest absolute Gasteiger partial charge is 0.434 e. The molecular formula is C33H37F3N4O5S2. The molecule has 0 radical (unpaired) electrons. The number of ether oxygens (including phenoxy) is 1. The predicted molar refractivity (Wildman–Crippen MR) is 176 cm³/mol. The molecule has 0 spiro atoms. The quantitative estimate of drug-likeness (QED) is 0.143. The van der Waals surface area contributed by atoms with Gasteiger partial charge in [0.2, 0.25) is 10.0 Å². The summed E-state index contributed by atoms with van der Waals surface area (Å²) < 4.78 is 73.0. The van der Waals surface area contributed by atoms with Crippen molar-refractivity contribution in [2.75, 3.05) is 25.5 Å². The van der Waals surface area contributed by atoms with E-state index in [0.29, 0.717) is 17.0 Å². The molecular weight excluding hydrogens is 654 g/mol. The molecule has 0 aliphatic carbocycles. The molecule has 1 amide bonds. The van der Waals surface area contributed by atoms with Crippen LogP contribution in [-0.2, 0) is 22.6 Å². The fraction of sp³-hybridized carbons (Fsp3) is 0.333. The summed E-state index contributed by atoms with van der Waals surface area (Å²) >= 11 is 0.786. The van der Waals surface area contributed by atoms with Gasteiger partial charge < -0.3 is 20.5 Å². The van der Waals surface area contributed by atoms with Gasteiger partial charge in [0.25, 0.3) is 5.91 Å². The predicted octanol–water partition coefficient (Wildman–Crippen LogP) is 6.27. The van der Waals surface area contributed by atoms with Crippen LogP contribution >= 0.6 is 11.3 Å². The Morgan fingerprint density at radius 1 is 1.02 bits per heavy atom. The number of aliphatic hydroxyl groups excluding tert-OH is 1. The van der Waals surface area contributed by atoms with Crippen LogP contribution in [0.4, 0.5) is 24.0 Å². The maximum Gasteiger partial charge on any atom is 0.434 e. The Morgan fingerprint density at radius 3 is 2.30 bits per heavy atom. The molecule has 0 unspecified atom stereocenters. The van der Waals surface area contributed by atoms with E-state index in [1.807, 2.05) is 44.2 Å². The van der Waals surface area contributed by atoms with Crippen molar-refractivity contribution in [3.05, 3.63) is 101 Å². The molecule has 3 aromatic carbocycles. The normalized spacial score (nSPS) is 13.4. The summed E-state index contributed by atoms with van der Waals surface area (Å²) in [6.07, 6.45) is -5.70. The first kappa shape index (κ1) is 35.9. The number of hydrogen-bond acceptors (Lipinski definition) is 8. The molecule has 1 aromatic heterocycles. The second kappa shape index (κ2) is 15.3. The minimum atomic E-state index is -4.58. The molecule has 4 aromatic rings. The molecule has 0 saturated heterocycles. The lowest BCUT2D eigenvalue weighted by molar-refractivity contribution is -0.140. The lowest BCUT2D eigenvalue weighted by Gasteiger charge is -2.31. The maximum atomic E-state index is 13.7. The molecule has 0 saturated carbocycles. The van der Waals surface area contributed by atoms with Gasteiger partial charge in [0.1, 0.15) is 5.75 Å². The number of hydrogen-bond donors (Lipinski definition) is 3. The van der Waals surface area contributed by atoms with Crippen molar-refractivity contribution in [1.29, 1.82) is 0 Å². The average Bonchev–Trinajstić information content (AvgIpc) is 3.51. The Balaban J connectivity index is 1.60. The van der Waals surface area contributed by atoms with E-state index in [1.54, 1.807) is 37.3 Å². The molecule has 0 fully saturated rings. The fourth-order valence-corrected chi connectivity index (χ4v) is 7.25. The minimum Gasteiger partial charge on any atom is -0.497 e. The molecule has 0 aliphatic rings. The number of rotatable bonds is 14. The number of carbonyl (C=O) groups is 1. The number of amides is 1. The Morgan fingerprint density at radius 2 is 1.70 bits per heavy atom. The molecule has 0 bridgehead atoms. The number of methoxy groups -OCH3 is 1. The van der Waals surface area contributed by atoms with Crippen LogP contribution < -0.4 is 15.4 Å². The second-order valence-corrected chi connectivity index (χ2v) is 14.2. The van der Waals surface area contributed by atoms with Gasteiger partial charge in [-0.15, -0.1) is 11.3 Å². The number of aromatic nitrogens is 1. The van der Waals surface area contributed by atoms with Gasteiger partial charge in [0.15, 0.2) is 10.8 Å². The van der Waals surface area contributed by atoms with Crippen LogP contribution in [-0.4, -0.2) is 61.1 Å². The van der Waals surface area contributed by atoms with Crippen molar-refractivity contribution in [3.8, 4) is 5.75 Å². The van der Waals surface area contributed by atoms with Crippen LogP contribution in [0.2, 0.25) is 0 Å². The monoisotopic (exact) mass is 690 g/mol. The SMILES string of the molecule is COc1ccc(S(=O)(=O)N(CC(C)C)C[C@@H](O)[C@H](Cc2ccccc2)NC(=O)c2cccc(Nc3nc(C(F)(F)F)cs3)c2C)cc1. The number of sulfonamides is 1. The Hall–Kier alpha value is -3.98. The third kappa shape index (κ3) is 9.31. The lowest BCUT2D eigenvalue weighted by Crippen LogP contribution is -2.51. The van der Waals surface area contributed by atoms with Gasteiger partial charge in [0, 0.05) is 29.7 Å². The van der Waals surface area contributed by atoms with Gasteiger partial charge in [0.05, 0.1) is 24.2 Å². The van der Waals surface area contributed by atoms with E-state index >= 15 is 0 Å². The highest BCUT2D eigenvalue weighted by Crippen LogP contribution is 2.33. The molecule has 0 aliphatic heterocycles. The fourth-order valence-electron chi connectivity index (χ4n) is 4.90. The summed E-state index contributed by atoms with van der Waals surface area (Å²) in [6.45, 7) is 5.20. The Labute approximate surface area is 276 Å². The zero-order valence-corrected chi connectivity index (χ0v) is 27.9. The van der Waals surface area contributed by atoms with Crippen LogP contribution in [0.1, 0.15) is 41.0 Å². The number of thiazole rings is 1. The van der Waals surface area contributed by atoms with E-state index in [1.165, 1.54) is 23.5 Å². The summed E-state index contributed by atoms with van der Waals surface area (Å²) in [6, 6.07) is 19.0. The summed E-state index contributed by atoms with van der Waals surface area (Å²) in [5.74, 6) is -0.118. The maximum absolute atomic E-state index is 13.7. The van der Waals surface area contributed by atoms with E-state index < -0.39 is 39.9 Å². The third-order valence-corrected chi connectivity index (χ3v) is 9.95. The van der Waals surface area contributed by atoms with E-state index in [2.05, 4.69) is 15.6 Å². The average molecular weight is 691 g/mol. The number of alkyl halides is 3.